The van der Waals surface area contributed by atoms with Crippen molar-refractivity contribution in [2.45, 2.75) is 25.0 Å². The number of furan rings is 1. The van der Waals surface area contributed by atoms with E-state index in [1.54, 1.807) is 6.07 Å². The number of hydrogen-bond acceptors (Lipinski definition) is 7. The van der Waals surface area contributed by atoms with Crippen molar-refractivity contribution < 1.29 is 12.8 Å². The first kappa shape index (κ1) is 14.0. The lowest BCUT2D eigenvalue weighted by atomic mass is 10.4. The van der Waals surface area contributed by atoms with Crippen LogP contribution in [0.25, 0.3) is 0 Å². The van der Waals surface area contributed by atoms with E-state index >= 15 is 0 Å². The van der Waals surface area contributed by atoms with E-state index in [9.17, 15) is 8.42 Å². The van der Waals surface area contributed by atoms with Crippen molar-refractivity contribution in [3.63, 3.8) is 0 Å². The Bertz CT molecular complexity index is 607. The Balaban J connectivity index is 2.04. The van der Waals surface area contributed by atoms with Crippen LogP contribution in [0.2, 0.25) is 0 Å². The Morgan fingerprint density at radius 1 is 1.42 bits per heavy atom. The van der Waals surface area contributed by atoms with Gasteiger partial charge in [0.2, 0.25) is 10.2 Å². The van der Waals surface area contributed by atoms with Gasteiger partial charge in [0, 0.05) is 0 Å². The highest BCUT2D eigenvalue weighted by atomic mass is 32.2. The van der Waals surface area contributed by atoms with Gasteiger partial charge in [-0.3, -0.25) is 4.72 Å². The Hall–Kier alpha value is -1.45. The maximum Gasteiger partial charge on any atom is 0.297 e. The molecular weight excluding hydrogens is 288 g/mol. The first-order valence-corrected chi connectivity index (χ1v) is 8.06. The predicted molar refractivity (Wildman–Crippen MR) is 71.4 cm³/mol. The number of nitrogens with zero attached hydrogens (tertiary/aromatic N) is 2. The van der Waals surface area contributed by atoms with Crippen LogP contribution in [0.3, 0.4) is 0 Å². The van der Waals surface area contributed by atoms with Crippen LogP contribution in [0.5, 0.6) is 0 Å². The molecule has 0 aliphatic heterocycles. The smallest absolute Gasteiger partial charge is 0.297 e. The van der Waals surface area contributed by atoms with Gasteiger partial charge < -0.3 is 9.73 Å². The van der Waals surface area contributed by atoms with Gasteiger partial charge in [-0.1, -0.05) is 18.3 Å². The Morgan fingerprint density at radius 2 is 2.26 bits per heavy atom. The molecule has 104 valence electrons. The van der Waals surface area contributed by atoms with Gasteiger partial charge in [0.25, 0.3) is 10.0 Å². The van der Waals surface area contributed by atoms with Crippen molar-refractivity contribution >= 4 is 26.5 Å². The molecule has 9 heteroatoms. The average molecular weight is 302 g/mol. The number of anilines is 1. The molecular formula is C10H14N4O3S2. The maximum absolute atomic E-state index is 12.0. The molecule has 0 spiro atoms. The fourth-order valence-electron chi connectivity index (χ4n) is 1.37. The van der Waals surface area contributed by atoms with Crippen LogP contribution in [-0.2, 0) is 16.6 Å². The van der Waals surface area contributed by atoms with Gasteiger partial charge in [-0.2, -0.15) is 8.42 Å². The van der Waals surface area contributed by atoms with Crippen molar-refractivity contribution in [1.29, 1.82) is 0 Å². The largest absolute Gasteiger partial charge is 0.446 e. The molecule has 2 N–H and O–H groups in total. The molecule has 19 heavy (non-hydrogen) atoms. The zero-order valence-corrected chi connectivity index (χ0v) is 11.9. The molecule has 7 nitrogen and oxygen atoms in total. The van der Waals surface area contributed by atoms with Crippen molar-refractivity contribution in [2.24, 2.45) is 0 Å². The zero-order valence-electron chi connectivity index (χ0n) is 10.3. The van der Waals surface area contributed by atoms with Gasteiger partial charge in [0.1, 0.15) is 11.3 Å². The summed E-state index contributed by atoms with van der Waals surface area (Å²) in [7, 11) is -3.73. The minimum atomic E-state index is -3.73. The average Bonchev–Trinajstić information content (AvgIpc) is 3.00. The lowest BCUT2D eigenvalue weighted by molar-refractivity contribution is 0.403. The summed E-state index contributed by atoms with van der Waals surface area (Å²) < 4.78 is 31.5. The maximum atomic E-state index is 12.0. The van der Waals surface area contributed by atoms with Gasteiger partial charge in [0.15, 0.2) is 0 Å². The summed E-state index contributed by atoms with van der Waals surface area (Å²) in [5, 5.41) is 10.4. The first-order chi connectivity index (χ1) is 9.12. The molecule has 2 aromatic rings. The lowest BCUT2D eigenvalue weighted by Gasteiger charge is -2.01. The summed E-state index contributed by atoms with van der Waals surface area (Å²) in [6, 6.07) is 3.06. The third-order valence-corrected chi connectivity index (χ3v) is 4.16. The molecule has 0 fully saturated rings. The second-order valence-corrected chi connectivity index (χ2v) is 6.19. The van der Waals surface area contributed by atoms with Crippen LogP contribution < -0.4 is 10.0 Å². The molecule has 0 saturated carbocycles. The molecule has 0 saturated heterocycles. The van der Waals surface area contributed by atoms with Crippen LogP contribution in [-0.4, -0.2) is 25.2 Å². The minimum Gasteiger partial charge on any atom is -0.446 e. The zero-order chi connectivity index (χ0) is 13.7. The summed E-state index contributed by atoms with van der Waals surface area (Å²) in [6.07, 6.45) is 1.00. The van der Waals surface area contributed by atoms with E-state index < -0.39 is 10.0 Å². The predicted octanol–water partition coefficient (Wildman–Crippen LogP) is 1.43. The van der Waals surface area contributed by atoms with E-state index in [-0.39, 0.29) is 10.2 Å². The molecule has 0 unspecified atom stereocenters. The molecule has 0 aliphatic rings. The Morgan fingerprint density at radius 3 is 2.95 bits per heavy atom. The fraction of sp³-hybridized carbons (Fsp3) is 0.400. The summed E-state index contributed by atoms with van der Waals surface area (Å²) in [5.74, 6) is 0.575. The topological polar surface area (TPSA) is 97.1 Å². The van der Waals surface area contributed by atoms with Gasteiger partial charge in [-0.25, -0.2) is 0 Å². The Kier molecular flexibility index (Phi) is 4.51. The second-order valence-electron chi connectivity index (χ2n) is 3.75. The SMILES string of the molecule is CCCNCc1ccc(S(=O)(=O)Nc2nncs2)o1. The van der Waals surface area contributed by atoms with E-state index in [1.165, 1.54) is 11.6 Å². The number of rotatable bonds is 7. The van der Waals surface area contributed by atoms with Crippen LogP contribution >= 0.6 is 11.3 Å². The van der Waals surface area contributed by atoms with E-state index in [1.807, 2.05) is 0 Å². The summed E-state index contributed by atoms with van der Waals surface area (Å²) in [6.45, 7) is 3.41. The van der Waals surface area contributed by atoms with Gasteiger partial charge in [-0.05, 0) is 25.1 Å². The minimum absolute atomic E-state index is 0.129. The van der Waals surface area contributed by atoms with E-state index in [0.29, 0.717) is 12.3 Å². The molecule has 0 amide bonds. The van der Waals surface area contributed by atoms with Gasteiger partial charge in [-0.15, -0.1) is 10.2 Å². The highest BCUT2D eigenvalue weighted by Crippen LogP contribution is 2.19. The molecule has 0 radical (unpaired) electrons. The quantitative estimate of drug-likeness (QED) is 0.751. The standard InChI is InChI=1S/C10H14N4O3S2/c1-2-5-11-6-8-3-4-9(17-8)19(15,16)14-10-13-12-7-18-10/h3-4,7,11H,2,5-6H2,1H3,(H,13,14). The lowest BCUT2D eigenvalue weighted by Crippen LogP contribution is -2.14. The first-order valence-electron chi connectivity index (χ1n) is 5.70. The molecule has 2 aromatic heterocycles. The third kappa shape index (κ3) is 3.75. The van der Waals surface area contributed by atoms with Crippen LogP contribution in [0, 0.1) is 0 Å². The molecule has 0 atom stereocenters. The van der Waals surface area contributed by atoms with Crippen molar-refractivity contribution in [2.75, 3.05) is 11.3 Å². The highest BCUT2D eigenvalue weighted by Gasteiger charge is 2.20. The van der Waals surface area contributed by atoms with E-state index in [0.717, 1.165) is 24.3 Å². The third-order valence-electron chi connectivity index (χ3n) is 2.21. The van der Waals surface area contributed by atoms with E-state index in [2.05, 4.69) is 27.2 Å². The molecule has 0 aliphatic carbocycles. The monoisotopic (exact) mass is 302 g/mol. The summed E-state index contributed by atoms with van der Waals surface area (Å²) in [4.78, 5) is 0. The molecule has 0 bridgehead atoms. The summed E-state index contributed by atoms with van der Waals surface area (Å²) >= 11 is 1.10. The van der Waals surface area contributed by atoms with E-state index in [4.69, 9.17) is 4.42 Å². The van der Waals surface area contributed by atoms with Crippen molar-refractivity contribution in [3.8, 4) is 0 Å². The summed E-state index contributed by atoms with van der Waals surface area (Å²) in [5.41, 5.74) is 1.44. The van der Waals surface area contributed by atoms with Crippen LogP contribution in [0.4, 0.5) is 5.13 Å². The van der Waals surface area contributed by atoms with Gasteiger partial charge >= 0.3 is 0 Å². The molecule has 2 heterocycles. The normalized spacial score (nSPS) is 11.6. The molecule has 2 rings (SSSR count). The van der Waals surface area contributed by atoms with Crippen molar-refractivity contribution in [1.82, 2.24) is 15.5 Å². The second kappa shape index (κ2) is 6.13. The van der Waals surface area contributed by atoms with Crippen molar-refractivity contribution in [3.05, 3.63) is 23.4 Å². The Labute approximate surface area is 115 Å². The van der Waals surface area contributed by atoms with Crippen LogP contribution in [0.15, 0.2) is 27.2 Å². The van der Waals surface area contributed by atoms with Gasteiger partial charge in [0.05, 0.1) is 6.54 Å². The van der Waals surface area contributed by atoms with Crippen LogP contribution in [0.1, 0.15) is 19.1 Å². The number of nitrogens with one attached hydrogen (secondary N) is 2. The fourth-order valence-corrected chi connectivity index (χ4v) is 3.01. The number of sulfonamides is 1. The number of hydrogen-bond donors (Lipinski definition) is 2. The highest BCUT2D eigenvalue weighted by molar-refractivity contribution is 7.92. The molecule has 0 aromatic carbocycles. The number of aromatic nitrogens is 2.